The molecule has 3 rings (SSSR count). The minimum Gasteiger partial charge on any atom is -0.486 e. The van der Waals surface area contributed by atoms with Gasteiger partial charge < -0.3 is 14.6 Å². The molecule has 1 fully saturated rings. The van der Waals surface area contributed by atoms with Crippen molar-refractivity contribution in [2.24, 2.45) is 11.8 Å². The van der Waals surface area contributed by atoms with Crippen LogP contribution in [0.25, 0.3) is 0 Å². The fraction of sp³-hybridized carbons (Fsp3) is 0.500. The van der Waals surface area contributed by atoms with E-state index in [4.69, 9.17) is 14.6 Å². The largest absolute Gasteiger partial charge is 0.486 e. The number of aryl methyl sites for hydroxylation is 1. The fourth-order valence-electron chi connectivity index (χ4n) is 2.46. The second kappa shape index (κ2) is 4.52. The predicted octanol–water partition coefficient (Wildman–Crippen LogP) is 2.11. The maximum Gasteiger partial charge on any atom is 0.306 e. The zero-order valence-corrected chi connectivity index (χ0v) is 10.1. The predicted molar refractivity (Wildman–Crippen MR) is 65.0 cm³/mol. The molecule has 2 atom stereocenters. The van der Waals surface area contributed by atoms with Gasteiger partial charge in [-0.1, -0.05) is 6.07 Å². The molecule has 18 heavy (non-hydrogen) atoms. The number of ether oxygens (including phenoxy) is 2. The van der Waals surface area contributed by atoms with Gasteiger partial charge in [0.05, 0.1) is 5.92 Å². The van der Waals surface area contributed by atoms with E-state index in [2.05, 4.69) is 0 Å². The number of carboxylic acids is 1. The van der Waals surface area contributed by atoms with Crippen LogP contribution in [0.1, 0.15) is 18.4 Å². The Morgan fingerprint density at radius 1 is 1.28 bits per heavy atom. The molecule has 2 aliphatic rings. The Morgan fingerprint density at radius 2 is 2.06 bits per heavy atom. The number of fused-ring (bicyclic) bond motifs is 1. The Morgan fingerprint density at radius 3 is 2.78 bits per heavy atom. The summed E-state index contributed by atoms with van der Waals surface area (Å²) in [6.07, 6.45) is 2.68. The third-order valence-corrected chi connectivity index (χ3v) is 3.65. The lowest BCUT2D eigenvalue weighted by Gasteiger charge is -2.18. The van der Waals surface area contributed by atoms with Crippen LogP contribution in [0.2, 0.25) is 0 Å². The van der Waals surface area contributed by atoms with Crippen molar-refractivity contribution in [3.8, 4) is 11.5 Å². The van der Waals surface area contributed by atoms with E-state index in [9.17, 15) is 4.79 Å². The molecule has 0 aromatic heterocycles. The van der Waals surface area contributed by atoms with Gasteiger partial charge in [0.15, 0.2) is 11.5 Å². The first-order valence-electron chi connectivity index (χ1n) is 6.35. The number of aliphatic carboxylic acids is 1. The molecular formula is C14H16O4. The third-order valence-electron chi connectivity index (χ3n) is 3.65. The molecular weight excluding hydrogens is 232 g/mol. The third kappa shape index (κ3) is 2.28. The topological polar surface area (TPSA) is 55.8 Å². The highest BCUT2D eigenvalue weighted by Crippen LogP contribution is 2.42. The lowest BCUT2D eigenvalue weighted by molar-refractivity contribution is -0.138. The quantitative estimate of drug-likeness (QED) is 0.886. The molecule has 96 valence electrons. The molecule has 1 heterocycles. The number of hydrogen-bond acceptors (Lipinski definition) is 3. The second-order valence-corrected chi connectivity index (χ2v) is 4.96. The first-order valence-corrected chi connectivity index (χ1v) is 6.35. The van der Waals surface area contributed by atoms with Crippen molar-refractivity contribution in [2.45, 2.75) is 19.3 Å². The van der Waals surface area contributed by atoms with Crippen molar-refractivity contribution in [1.29, 1.82) is 0 Å². The number of carboxylic acid groups (broad SMARTS) is 1. The molecule has 0 saturated heterocycles. The number of rotatable bonds is 4. The van der Waals surface area contributed by atoms with Crippen LogP contribution in [0.3, 0.4) is 0 Å². The Labute approximate surface area is 106 Å². The average molecular weight is 248 g/mol. The standard InChI is InChI=1S/C14H16O4/c15-14(16)11-8-10(11)3-1-9-2-4-12-13(7-9)18-6-5-17-12/h2,4,7,10-11H,1,3,5-6,8H2,(H,15,16). The van der Waals surface area contributed by atoms with E-state index in [-0.39, 0.29) is 5.92 Å². The van der Waals surface area contributed by atoms with Crippen LogP contribution in [0, 0.1) is 11.8 Å². The number of hydrogen-bond donors (Lipinski definition) is 1. The minimum atomic E-state index is -0.651. The molecule has 4 nitrogen and oxygen atoms in total. The molecule has 2 unspecified atom stereocenters. The van der Waals surface area contributed by atoms with E-state index in [0.717, 1.165) is 30.8 Å². The normalized spacial score (nSPS) is 24.7. The number of benzene rings is 1. The van der Waals surface area contributed by atoms with Crippen molar-refractivity contribution < 1.29 is 19.4 Å². The summed E-state index contributed by atoms with van der Waals surface area (Å²) < 4.78 is 11.0. The smallest absolute Gasteiger partial charge is 0.306 e. The molecule has 1 aromatic rings. The van der Waals surface area contributed by atoms with Gasteiger partial charge in [-0.3, -0.25) is 4.79 Å². The fourth-order valence-corrected chi connectivity index (χ4v) is 2.46. The Kier molecular flexibility index (Phi) is 2.86. The van der Waals surface area contributed by atoms with Crippen LogP contribution in [0.15, 0.2) is 18.2 Å². The van der Waals surface area contributed by atoms with Crippen molar-refractivity contribution in [3.63, 3.8) is 0 Å². The van der Waals surface area contributed by atoms with Crippen molar-refractivity contribution >= 4 is 5.97 Å². The molecule has 1 N–H and O–H groups in total. The minimum absolute atomic E-state index is 0.109. The zero-order chi connectivity index (χ0) is 12.5. The summed E-state index contributed by atoms with van der Waals surface area (Å²) in [5.41, 5.74) is 1.19. The van der Waals surface area contributed by atoms with Crippen LogP contribution in [0.4, 0.5) is 0 Å². The van der Waals surface area contributed by atoms with Gasteiger partial charge in [0.1, 0.15) is 13.2 Å². The van der Waals surface area contributed by atoms with Gasteiger partial charge >= 0.3 is 5.97 Å². The molecule has 0 bridgehead atoms. The molecule has 0 spiro atoms. The van der Waals surface area contributed by atoms with Crippen molar-refractivity contribution in [1.82, 2.24) is 0 Å². The first kappa shape index (κ1) is 11.4. The first-order chi connectivity index (χ1) is 8.74. The van der Waals surface area contributed by atoms with E-state index in [1.807, 2.05) is 18.2 Å². The highest BCUT2D eigenvalue weighted by molar-refractivity contribution is 5.73. The van der Waals surface area contributed by atoms with Crippen LogP contribution in [-0.2, 0) is 11.2 Å². The van der Waals surface area contributed by atoms with Gasteiger partial charge in [-0.2, -0.15) is 0 Å². The molecule has 1 aliphatic heterocycles. The molecule has 4 heteroatoms. The Hall–Kier alpha value is -1.71. The summed E-state index contributed by atoms with van der Waals surface area (Å²) in [7, 11) is 0. The molecule has 1 aromatic carbocycles. The summed E-state index contributed by atoms with van der Waals surface area (Å²) in [5, 5.41) is 8.84. The van der Waals surface area contributed by atoms with Gasteiger partial charge in [-0.05, 0) is 42.9 Å². The van der Waals surface area contributed by atoms with E-state index in [0.29, 0.717) is 19.1 Å². The van der Waals surface area contributed by atoms with Gasteiger partial charge in [0.2, 0.25) is 0 Å². The van der Waals surface area contributed by atoms with E-state index < -0.39 is 5.97 Å². The lowest BCUT2D eigenvalue weighted by atomic mass is 10.1. The van der Waals surface area contributed by atoms with Crippen LogP contribution in [-0.4, -0.2) is 24.3 Å². The number of carbonyl (C=O) groups is 1. The highest BCUT2D eigenvalue weighted by atomic mass is 16.6. The summed E-state index contributed by atoms with van der Waals surface area (Å²) >= 11 is 0. The molecule has 0 radical (unpaired) electrons. The monoisotopic (exact) mass is 248 g/mol. The molecule has 1 aliphatic carbocycles. The average Bonchev–Trinajstić information content (AvgIpc) is 3.16. The Bertz CT molecular complexity index is 469. The van der Waals surface area contributed by atoms with Crippen molar-refractivity contribution in [2.75, 3.05) is 13.2 Å². The molecule has 0 amide bonds. The highest BCUT2D eigenvalue weighted by Gasteiger charge is 2.42. The van der Waals surface area contributed by atoms with Crippen LogP contribution < -0.4 is 9.47 Å². The SMILES string of the molecule is O=C(O)C1CC1CCc1ccc2c(c1)OCCO2. The lowest BCUT2D eigenvalue weighted by Crippen LogP contribution is -2.15. The van der Waals surface area contributed by atoms with Gasteiger partial charge in [-0.15, -0.1) is 0 Å². The van der Waals surface area contributed by atoms with E-state index in [1.165, 1.54) is 5.56 Å². The Balaban J connectivity index is 1.59. The van der Waals surface area contributed by atoms with Gasteiger partial charge in [0.25, 0.3) is 0 Å². The van der Waals surface area contributed by atoms with Crippen LogP contribution in [0.5, 0.6) is 11.5 Å². The summed E-state index contributed by atoms with van der Waals surface area (Å²) in [6, 6.07) is 5.98. The van der Waals surface area contributed by atoms with Crippen LogP contribution >= 0.6 is 0 Å². The van der Waals surface area contributed by atoms with Crippen molar-refractivity contribution in [3.05, 3.63) is 23.8 Å². The zero-order valence-electron chi connectivity index (χ0n) is 10.1. The summed E-state index contributed by atoms with van der Waals surface area (Å²) in [5.74, 6) is 1.21. The molecule has 1 saturated carbocycles. The second-order valence-electron chi connectivity index (χ2n) is 4.96. The summed E-state index contributed by atoms with van der Waals surface area (Å²) in [6.45, 7) is 1.20. The van der Waals surface area contributed by atoms with E-state index >= 15 is 0 Å². The van der Waals surface area contributed by atoms with Gasteiger partial charge in [-0.25, -0.2) is 0 Å². The maximum atomic E-state index is 10.7. The van der Waals surface area contributed by atoms with E-state index in [1.54, 1.807) is 0 Å². The maximum absolute atomic E-state index is 10.7. The van der Waals surface area contributed by atoms with Gasteiger partial charge in [0, 0.05) is 0 Å². The summed E-state index contributed by atoms with van der Waals surface area (Å²) in [4.78, 5) is 10.7.